The molecule has 0 aliphatic heterocycles. The van der Waals surface area contributed by atoms with E-state index in [1.165, 1.54) is 27.6 Å². The molecule has 3 aromatic rings. The van der Waals surface area contributed by atoms with E-state index in [9.17, 15) is 0 Å². The molecule has 3 rings (SSSR count). The van der Waals surface area contributed by atoms with Gasteiger partial charge in [-0.3, -0.25) is 0 Å². The summed E-state index contributed by atoms with van der Waals surface area (Å²) in [5, 5.41) is 1.23. The molecule has 1 atom stereocenters. The Hall–Kier alpha value is -2.11. The van der Waals surface area contributed by atoms with Gasteiger partial charge in [0.1, 0.15) is 14.6 Å². The Balaban J connectivity index is 1.92. The highest BCUT2D eigenvalue weighted by molar-refractivity contribution is 7.42. The predicted octanol–water partition coefficient (Wildman–Crippen LogP) is 7.25. The van der Waals surface area contributed by atoms with Crippen LogP contribution in [0.3, 0.4) is 0 Å². The third-order valence-electron chi connectivity index (χ3n) is 4.94. The second-order valence-electron chi connectivity index (χ2n) is 9.33. The number of benzene rings is 3. The van der Waals surface area contributed by atoms with Gasteiger partial charge in [-0.05, 0) is 33.6 Å². The van der Waals surface area contributed by atoms with Crippen molar-refractivity contribution < 1.29 is 4.52 Å². The Morgan fingerprint density at radius 1 is 0.679 bits per heavy atom. The van der Waals surface area contributed by atoms with Gasteiger partial charge in [-0.25, -0.2) is 0 Å². The Morgan fingerprint density at radius 2 is 1.32 bits per heavy atom. The van der Waals surface area contributed by atoms with Gasteiger partial charge in [0.05, 0.1) is 0 Å². The molecule has 0 radical (unpaired) electrons. The topological polar surface area (TPSA) is 9.23 Å². The van der Waals surface area contributed by atoms with Crippen LogP contribution in [-0.4, -0.2) is 0 Å². The van der Waals surface area contributed by atoms with Crippen LogP contribution < -0.4 is 9.83 Å². The summed E-state index contributed by atoms with van der Waals surface area (Å²) in [5.74, 6) is 0.988. The Kier molecular flexibility index (Phi) is 5.96. The molecule has 0 heterocycles. The number of hydrogen-bond acceptors (Lipinski definition) is 1. The van der Waals surface area contributed by atoms with Gasteiger partial charge in [0, 0.05) is 10.9 Å². The van der Waals surface area contributed by atoms with Crippen molar-refractivity contribution in [3.8, 4) is 16.9 Å². The van der Waals surface area contributed by atoms with Crippen LogP contribution in [0.4, 0.5) is 0 Å². The molecule has 146 valence electrons. The molecule has 1 unspecified atom stereocenters. The first-order valence-corrected chi connectivity index (χ1v) is 10.8. The molecule has 0 fully saturated rings. The van der Waals surface area contributed by atoms with Crippen molar-refractivity contribution in [2.45, 2.75) is 52.4 Å². The average molecular weight is 391 g/mol. The van der Waals surface area contributed by atoms with Gasteiger partial charge in [-0.15, -0.1) is 0 Å². The molecular weight excluding hydrogens is 359 g/mol. The van der Waals surface area contributed by atoms with Crippen LogP contribution in [0.1, 0.15) is 52.7 Å². The summed E-state index contributed by atoms with van der Waals surface area (Å²) >= 11 is 0. The van der Waals surface area contributed by atoms with Crippen LogP contribution in [0.25, 0.3) is 11.1 Å². The van der Waals surface area contributed by atoms with Crippen molar-refractivity contribution in [1.82, 2.24) is 0 Å². The van der Waals surface area contributed by atoms with Gasteiger partial charge in [0.15, 0.2) is 0 Å². The first-order valence-electron chi connectivity index (χ1n) is 9.88. The van der Waals surface area contributed by atoms with Crippen LogP contribution >= 0.6 is 8.81 Å². The van der Waals surface area contributed by atoms with E-state index >= 15 is 0 Å². The zero-order valence-corrected chi connectivity index (χ0v) is 18.8. The fraction of sp³-hybridized carbons (Fsp3) is 0.308. The van der Waals surface area contributed by atoms with E-state index in [4.69, 9.17) is 4.52 Å². The minimum atomic E-state index is 0.0278. The fourth-order valence-corrected chi connectivity index (χ4v) is 4.12. The summed E-state index contributed by atoms with van der Waals surface area (Å²) in [6, 6.07) is 25.7. The molecule has 0 N–H and O–H groups in total. The molecule has 0 amide bonds. The maximum absolute atomic E-state index is 6.41. The van der Waals surface area contributed by atoms with Crippen LogP contribution in [-0.2, 0) is 10.8 Å². The molecule has 0 bridgehead atoms. The SMILES string of the molecule is CC(C)(C)c1ccc(OPc2ccccc2-c2ccccc2)c(C(C)(C)C)c1. The fourth-order valence-electron chi connectivity index (χ4n) is 3.22. The van der Waals surface area contributed by atoms with E-state index in [-0.39, 0.29) is 19.6 Å². The van der Waals surface area contributed by atoms with Crippen LogP contribution in [0.15, 0.2) is 72.8 Å². The summed E-state index contributed by atoms with van der Waals surface area (Å²) in [4.78, 5) is 0. The molecule has 0 aliphatic carbocycles. The number of hydrogen-bond donors (Lipinski definition) is 0. The third kappa shape index (κ3) is 4.83. The number of rotatable bonds is 4. The summed E-state index contributed by atoms with van der Waals surface area (Å²) in [6.07, 6.45) is 0. The van der Waals surface area contributed by atoms with Gasteiger partial charge in [0.25, 0.3) is 0 Å². The lowest BCUT2D eigenvalue weighted by Gasteiger charge is -2.27. The van der Waals surface area contributed by atoms with E-state index in [0.717, 1.165) is 5.75 Å². The lowest BCUT2D eigenvalue weighted by molar-refractivity contribution is 0.534. The molecule has 0 aromatic heterocycles. The van der Waals surface area contributed by atoms with Crippen molar-refractivity contribution in [3.63, 3.8) is 0 Å². The molecule has 28 heavy (non-hydrogen) atoms. The molecular formula is C26H31OP. The second kappa shape index (κ2) is 8.10. The highest BCUT2D eigenvalue weighted by Gasteiger charge is 2.23. The predicted molar refractivity (Wildman–Crippen MR) is 124 cm³/mol. The van der Waals surface area contributed by atoms with Gasteiger partial charge < -0.3 is 4.52 Å². The molecule has 0 saturated heterocycles. The van der Waals surface area contributed by atoms with Crippen molar-refractivity contribution in [2.24, 2.45) is 0 Å². The maximum atomic E-state index is 6.41. The highest BCUT2D eigenvalue weighted by atomic mass is 31.1. The maximum Gasteiger partial charge on any atom is 0.127 e. The lowest BCUT2D eigenvalue weighted by atomic mass is 9.80. The largest absolute Gasteiger partial charge is 0.472 e. The van der Waals surface area contributed by atoms with Crippen molar-refractivity contribution in [1.29, 1.82) is 0 Å². The first-order chi connectivity index (χ1) is 13.2. The third-order valence-corrected chi connectivity index (χ3v) is 5.91. The lowest BCUT2D eigenvalue weighted by Crippen LogP contribution is -2.17. The molecule has 1 nitrogen and oxygen atoms in total. The van der Waals surface area contributed by atoms with Gasteiger partial charge >= 0.3 is 0 Å². The Bertz CT molecular complexity index is 931. The Labute approximate surface area is 172 Å². The van der Waals surface area contributed by atoms with E-state index in [1.807, 2.05) is 0 Å². The van der Waals surface area contributed by atoms with Crippen molar-refractivity contribution >= 4 is 14.1 Å². The smallest absolute Gasteiger partial charge is 0.127 e. The molecule has 0 spiro atoms. The van der Waals surface area contributed by atoms with E-state index in [0.29, 0.717) is 0 Å². The van der Waals surface area contributed by atoms with Crippen LogP contribution in [0.5, 0.6) is 5.75 Å². The first kappa shape index (κ1) is 20.6. The summed E-state index contributed by atoms with van der Waals surface area (Å²) in [6.45, 7) is 13.5. The zero-order chi connectivity index (χ0) is 20.4. The van der Waals surface area contributed by atoms with Gasteiger partial charge in [0.2, 0.25) is 0 Å². The normalized spacial score (nSPS) is 12.5. The summed E-state index contributed by atoms with van der Waals surface area (Å²) in [7, 11) is 0.265. The minimum Gasteiger partial charge on any atom is -0.472 e. The average Bonchev–Trinajstić information content (AvgIpc) is 2.65. The highest BCUT2D eigenvalue weighted by Crippen LogP contribution is 2.38. The molecule has 3 aromatic carbocycles. The standard InChI is InChI=1S/C26H31OP/c1-25(2,3)20-16-17-23(22(18-20)26(4,5)6)27-28-24-15-11-10-14-21(24)19-12-8-7-9-13-19/h7-18,28H,1-6H3. The van der Waals surface area contributed by atoms with E-state index < -0.39 is 0 Å². The Morgan fingerprint density at radius 3 is 1.96 bits per heavy atom. The van der Waals surface area contributed by atoms with E-state index in [1.54, 1.807) is 0 Å². The van der Waals surface area contributed by atoms with Gasteiger partial charge in [-0.2, -0.15) is 0 Å². The molecule has 2 heteroatoms. The summed E-state index contributed by atoms with van der Waals surface area (Å²) < 4.78 is 6.41. The molecule has 0 aliphatic rings. The van der Waals surface area contributed by atoms with E-state index in [2.05, 4.69) is 114 Å². The van der Waals surface area contributed by atoms with Crippen molar-refractivity contribution in [2.75, 3.05) is 0 Å². The quantitative estimate of drug-likeness (QED) is 0.426. The summed E-state index contributed by atoms with van der Waals surface area (Å²) in [5.41, 5.74) is 5.24. The van der Waals surface area contributed by atoms with Gasteiger partial charge in [-0.1, -0.05) is 108 Å². The van der Waals surface area contributed by atoms with Crippen LogP contribution in [0, 0.1) is 0 Å². The van der Waals surface area contributed by atoms with Crippen molar-refractivity contribution in [3.05, 3.63) is 83.9 Å². The second-order valence-corrected chi connectivity index (χ2v) is 10.3. The zero-order valence-electron chi connectivity index (χ0n) is 17.8. The van der Waals surface area contributed by atoms with Crippen LogP contribution in [0.2, 0.25) is 0 Å². The minimum absolute atomic E-state index is 0.0278. The monoisotopic (exact) mass is 390 g/mol. The molecule has 0 saturated carbocycles.